The Morgan fingerprint density at radius 3 is 2.49 bits per heavy atom. The molecule has 1 aliphatic rings. The highest BCUT2D eigenvalue weighted by molar-refractivity contribution is 7.92. The van der Waals surface area contributed by atoms with E-state index >= 15 is 0 Å². The van der Waals surface area contributed by atoms with Crippen molar-refractivity contribution in [2.24, 2.45) is 0 Å². The molecule has 0 aromatic heterocycles. The van der Waals surface area contributed by atoms with E-state index in [0.29, 0.717) is 31.6 Å². The minimum atomic E-state index is -3.54. The number of hydrogen-bond donors (Lipinski definition) is 4. The third-order valence-corrected chi connectivity index (χ3v) is 6.61. The van der Waals surface area contributed by atoms with Crippen LogP contribution < -0.4 is 14.9 Å². The fourth-order valence-corrected chi connectivity index (χ4v) is 4.70. The number of anilines is 2. The van der Waals surface area contributed by atoms with E-state index in [0.717, 1.165) is 43.4 Å². The third kappa shape index (κ3) is 8.41. The van der Waals surface area contributed by atoms with E-state index in [1.54, 1.807) is 13.0 Å². The molecular weight excluding hydrogens is 470 g/mol. The Balaban J connectivity index is 1.45. The molecule has 192 valence electrons. The van der Waals surface area contributed by atoms with Gasteiger partial charge in [0.25, 0.3) is 0 Å². The predicted molar refractivity (Wildman–Crippen MR) is 136 cm³/mol. The standard InChI is InChI=1S/C25H35N3O6S/c1-3-34-25(31)11-6-18-4-8-21(9-5-18)28-14-12-20(13-15-28)26-17-24(30)19-7-10-23(29)22(16-19)27-35(2,32)33/h4-5,7-10,16,20,24,26-27,29-30H,3,6,11-15,17H2,1-2H3/t24-/m0/s1. The quantitative estimate of drug-likeness (QED) is 0.271. The Labute approximate surface area is 207 Å². The molecule has 3 rings (SSSR count). The number of carbonyl (C=O) groups excluding carboxylic acids is 1. The first-order valence-corrected chi connectivity index (χ1v) is 13.8. The van der Waals surface area contributed by atoms with Gasteiger partial charge in [0, 0.05) is 37.8 Å². The van der Waals surface area contributed by atoms with Crippen molar-refractivity contribution in [2.45, 2.75) is 44.8 Å². The number of piperidine rings is 1. The number of carbonyl (C=O) groups is 1. The van der Waals surface area contributed by atoms with E-state index in [1.807, 2.05) is 0 Å². The maximum atomic E-state index is 11.5. The van der Waals surface area contributed by atoms with Crippen LogP contribution in [0, 0.1) is 0 Å². The highest BCUT2D eigenvalue weighted by Crippen LogP contribution is 2.28. The van der Waals surface area contributed by atoms with E-state index in [4.69, 9.17) is 4.74 Å². The van der Waals surface area contributed by atoms with Crippen molar-refractivity contribution in [3.05, 3.63) is 53.6 Å². The van der Waals surface area contributed by atoms with Crippen LogP contribution >= 0.6 is 0 Å². The third-order valence-electron chi connectivity index (χ3n) is 6.02. The van der Waals surface area contributed by atoms with E-state index < -0.39 is 16.1 Å². The van der Waals surface area contributed by atoms with Crippen molar-refractivity contribution in [1.29, 1.82) is 0 Å². The van der Waals surface area contributed by atoms with Crippen LogP contribution in [0.3, 0.4) is 0 Å². The zero-order valence-corrected chi connectivity index (χ0v) is 21.1. The molecule has 10 heteroatoms. The van der Waals surface area contributed by atoms with Crippen molar-refractivity contribution in [3.63, 3.8) is 0 Å². The van der Waals surface area contributed by atoms with Gasteiger partial charge in [-0.25, -0.2) is 8.42 Å². The van der Waals surface area contributed by atoms with Crippen LogP contribution in [0.15, 0.2) is 42.5 Å². The van der Waals surface area contributed by atoms with Crippen molar-refractivity contribution < 1.29 is 28.2 Å². The number of phenols is 1. The number of aryl methyl sites for hydroxylation is 1. The lowest BCUT2D eigenvalue weighted by Gasteiger charge is -2.34. The SMILES string of the molecule is CCOC(=O)CCc1ccc(N2CCC(NC[C@H](O)c3ccc(O)c(NS(C)(=O)=O)c3)CC2)cc1. The number of phenolic OH excluding ortho intramolecular Hbond substituents is 1. The first-order valence-electron chi connectivity index (χ1n) is 11.9. The molecule has 1 aliphatic heterocycles. The molecule has 0 saturated carbocycles. The van der Waals surface area contributed by atoms with E-state index in [1.165, 1.54) is 12.1 Å². The molecule has 4 N–H and O–H groups in total. The average molecular weight is 506 g/mol. The second-order valence-electron chi connectivity index (χ2n) is 8.81. The minimum Gasteiger partial charge on any atom is -0.506 e. The number of benzene rings is 2. The minimum absolute atomic E-state index is 0.0456. The van der Waals surface area contributed by atoms with Gasteiger partial charge < -0.3 is 25.2 Å². The summed E-state index contributed by atoms with van der Waals surface area (Å²) in [4.78, 5) is 13.9. The van der Waals surface area contributed by atoms with Gasteiger partial charge in [0.1, 0.15) is 5.75 Å². The molecule has 0 aliphatic carbocycles. The first-order chi connectivity index (χ1) is 16.6. The second kappa shape index (κ2) is 12.2. The number of rotatable bonds is 11. The Bertz CT molecular complexity index is 1080. The molecule has 0 amide bonds. The topological polar surface area (TPSA) is 128 Å². The maximum absolute atomic E-state index is 11.5. The van der Waals surface area contributed by atoms with Gasteiger partial charge in [0.15, 0.2) is 0 Å². The number of aliphatic hydroxyl groups excluding tert-OH is 1. The van der Waals surface area contributed by atoms with Crippen LogP contribution in [0.4, 0.5) is 11.4 Å². The number of nitrogens with zero attached hydrogens (tertiary/aromatic N) is 1. The summed E-state index contributed by atoms with van der Waals surface area (Å²) in [6, 6.07) is 12.9. The highest BCUT2D eigenvalue weighted by atomic mass is 32.2. The molecule has 2 aromatic carbocycles. The zero-order valence-electron chi connectivity index (χ0n) is 20.2. The smallest absolute Gasteiger partial charge is 0.306 e. The number of aromatic hydroxyl groups is 1. The normalized spacial score (nSPS) is 15.6. The second-order valence-corrected chi connectivity index (χ2v) is 10.6. The Hall–Kier alpha value is -2.82. The van der Waals surface area contributed by atoms with Gasteiger partial charge in [-0.15, -0.1) is 0 Å². The van der Waals surface area contributed by atoms with Crippen LogP contribution in [-0.4, -0.2) is 63.1 Å². The summed E-state index contributed by atoms with van der Waals surface area (Å²) in [5.41, 5.74) is 2.82. The summed E-state index contributed by atoms with van der Waals surface area (Å²) in [6.07, 6.45) is 3.07. The van der Waals surface area contributed by atoms with Gasteiger partial charge in [-0.05, 0) is 61.6 Å². The van der Waals surface area contributed by atoms with Crippen LogP contribution in [0.1, 0.15) is 43.4 Å². The lowest BCUT2D eigenvalue weighted by molar-refractivity contribution is -0.143. The molecule has 2 aromatic rings. The number of sulfonamides is 1. The number of nitrogens with one attached hydrogen (secondary N) is 2. The van der Waals surface area contributed by atoms with Crippen LogP contribution in [-0.2, 0) is 26.0 Å². The van der Waals surface area contributed by atoms with Gasteiger partial charge in [-0.1, -0.05) is 18.2 Å². The molecule has 0 bridgehead atoms. The molecule has 0 unspecified atom stereocenters. The Morgan fingerprint density at radius 1 is 1.17 bits per heavy atom. The van der Waals surface area contributed by atoms with Crippen molar-refractivity contribution in [2.75, 3.05) is 42.1 Å². The van der Waals surface area contributed by atoms with E-state index in [9.17, 15) is 23.4 Å². The number of aliphatic hydroxyl groups is 1. The predicted octanol–water partition coefficient (Wildman–Crippen LogP) is 2.55. The van der Waals surface area contributed by atoms with Crippen molar-refractivity contribution >= 4 is 27.4 Å². The van der Waals surface area contributed by atoms with Crippen LogP contribution in [0.5, 0.6) is 5.75 Å². The maximum Gasteiger partial charge on any atom is 0.306 e. The van der Waals surface area contributed by atoms with Crippen LogP contribution in [0.25, 0.3) is 0 Å². The number of ether oxygens (including phenoxy) is 1. The molecular formula is C25H35N3O6S. The summed E-state index contributed by atoms with van der Waals surface area (Å²) in [5, 5.41) is 23.8. The Kier molecular flexibility index (Phi) is 9.36. The molecule has 1 atom stereocenters. The fraction of sp³-hybridized carbons (Fsp3) is 0.480. The molecule has 0 spiro atoms. The zero-order chi connectivity index (χ0) is 25.4. The highest BCUT2D eigenvalue weighted by Gasteiger charge is 2.21. The Morgan fingerprint density at radius 2 is 1.86 bits per heavy atom. The van der Waals surface area contributed by atoms with Gasteiger partial charge in [-0.2, -0.15) is 0 Å². The molecule has 1 saturated heterocycles. The van der Waals surface area contributed by atoms with Gasteiger partial charge in [-0.3, -0.25) is 9.52 Å². The summed E-state index contributed by atoms with van der Waals surface area (Å²) >= 11 is 0. The monoisotopic (exact) mass is 505 g/mol. The number of esters is 1. The largest absolute Gasteiger partial charge is 0.506 e. The average Bonchev–Trinajstić information content (AvgIpc) is 2.82. The van der Waals surface area contributed by atoms with Crippen LogP contribution in [0.2, 0.25) is 0 Å². The van der Waals surface area contributed by atoms with Crippen molar-refractivity contribution in [1.82, 2.24) is 5.32 Å². The number of hydrogen-bond acceptors (Lipinski definition) is 8. The summed E-state index contributed by atoms with van der Waals surface area (Å²) < 4.78 is 30.2. The molecule has 9 nitrogen and oxygen atoms in total. The lowest BCUT2D eigenvalue weighted by atomic mass is 10.0. The molecule has 1 fully saturated rings. The summed E-state index contributed by atoms with van der Waals surface area (Å²) in [7, 11) is -3.54. The lowest BCUT2D eigenvalue weighted by Crippen LogP contribution is -2.43. The van der Waals surface area contributed by atoms with Gasteiger partial charge >= 0.3 is 5.97 Å². The summed E-state index contributed by atoms with van der Waals surface area (Å²) in [6.45, 7) is 4.31. The van der Waals surface area contributed by atoms with E-state index in [2.05, 4.69) is 39.2 Å². The van der Waals surface area contributed by atoms with E-state index in [-0.39, 0.29) is 23.4 Å². The fourth-order valence-electron chi connectivity index (χ4n) is 4.13. The molecule has 0 radical (unpaired) electrons. The molecule has 35 heavy (non-hydrogen) atoms. The van der Waals surface area contributed by atoms with Crippen molar-refractivity contribution in [3.8, 4) is 5.75 Å². The first kappa shape index (κ1) is 26.8. The summed E-state index contributed by atoms with van der Waals surface area (Å²) in [5.74, 6) is -0.369. The molecule has 1 heterocycles. The van der Waals surface area contributed by atoms with Gasteiger partial charge in [0.2, 0.25) is 10.0 Å². The van der Waals surface area contributed by atoms with Gasteiger partial charge in [0.05, 0.1) is 24.7 Å².